The second-order valence-electron chi connectivity index (χ2n) is 6.26. The van der Waals surface area contributed by atoms with Crippen molar-refractivity contribution in [2.45, 2.75) is 60.0 Å². The second-order valence-corrected chi connectivity index (χ2v) is 6.26. The summed E-state index contributed by atoms with van der Waals surface area (Å²) in [5.74, 6) is 0. The van der Waals surface area contributed by atoms with Crippen molar-refractivity contribution in [2.75, 3.05) is 0 Å². The Morgan fingerprint density at radius 3 is 2.23 bits per heavy atom. The summed E-state index contributed by atoms with van der Waals surface area (Å²) in [4.78, 5) is 0. The van der Waals surface area contributed by atoms with Crippen molar-refractivity contribution in [3.05, 3.63) is 64.3 Å². The van der Waals surface area contributed by atoms with Crippen LogP contribution in [0.1, 0.15) is 64.5 Å². The van der Waals surface area contributed by atoms with Gasteiger partial charge in [-0.05, 0) is 64.5 Å². The quantitative estimate of drug-likeness (QED) is 0.579. The highest BCUT2D eigenvalue weighted by atomic mass is 16.3. The van der Waals surface area contributed by atoms with Crippen molar-refractivity contribution in [3.63, 3.8) is 0 Å². The fraction of sp³-hybridized carbons (Fsp3) is 0.429. The monoisotopic (exact) mass is 298 g/mol. The van der Waals surface area contributed by atoms with Crippen LogP contribution in [0, 0.1) is 0 Å². The van der Waals surface area contributed by atoms with Crippen LogP contribution < -0.4 is 0 Å². The Morgan fingerprint density at radius 1 is 0.909 bits per heavy atom. The molecule has 0 aromatic heterocycles. The third-order valence-corrected chi connectivity index (χ3v) is 3.75. The smallest absolute Gasteiger partial charge is 0.0687 e. The largest absolute Gasteiger partial charge is 0.392 e. The van der Waals surface area contributed by atoms with Gasteiger partial charge in [-0.2, -0.15) is 0 Å². The van der Waals surface area contributed by atoms with Gasteiger partial charge in [0.2, 0.25) is 0 Å². The molecule has 0 amide bonds. The van der Waals surface area contributed by atoms with Crippen LogP contribution in [0.5, 0.6) is 0 Å². The molecule has 1 aromatic carbocycles. The maximum atomic E-state index is 9.36. The molecular formula is C21H30O. The van der Waals surface area contributed by atoms with Gasteiger partial charge in [0.15, 0.2) is 0 Å². The van der Waals surface area contributed by atoms with Crippen LogP contribution in [0.25, 0.3) is 6.08 Å². The SMILES string of the molecule is CC(C)=CCCC(C)=CCCC(C)=Cc1ccccc1CO. The molecule has 1 N–H and O–H groups in total. The predicted octanol–water partition coefficient (Wildman–Crippen LogP) is 6.06. The van der Waals surface area contributed by atoms with E-state index < -0.39 is 0 Å². The van der Waals surface area contributed by atoms with E-state index in [1.807, 2.05) is 18.2 Å². The van der Waals surface area contributed by atoms with Gasteiger partial charge in [0.25, 0.3) is 0 Å². The van der Waals surface area contributed by atoms with Gasteiger partial charge in [-0.1, -0.05) is 59.2 Å². The number of hydrogen-bond acceptors (Lipinski definition) is 1. The van der Waals surface area contributed by atoms with E-state index in [2.05, 4.69) is 52.0 Å². The lowest BCUT2D eigenvalue weighted by Crippen LogP contribution is -1.88. The summed E-state index contributed by atoms with van der Waals surface area (Å²) < 4.78 is 0. The number of allylic oxidation sites excluding steroid dienone is 5. The van der Waals surface area contributed by atoms with Crippen molar-refractivity contribution < 1.29 is 5.11 Å². The van der Waals surface area contributed by atoms with Crippen molar-refractivity contribution in [2.24, 2.45) is 0 Å². The zero-order chi connectivity index (χ0) is 16.4. The van der Waals surface area contributed by atoms with E-state index >= 15 is 0 Å². The molecular weight excluding hydrogens is 268 g/mol. The maximum Gasteiger partial charge on any atom is 0.0687 e. The molecule has 0 unspecified atom stereocenters. The molecule has 1 heteroatoms. The summed E-state index contributed by atoms with van der Waals surface area (Å²) in [6.07, 6.45) is 11.3. The number of benzene rings is 1. The standard InChI is InChI=1S/C21H30O/c1-17(2)9-7-10-18(3)11-8-12-19(4)15-20-13-5-6-14-21(20)16-22/h5-6,9,11,13-15,22H,7-8,10,12,16H2,1-4H3. The van der Waals surface area contributed by atoms with Gasteiger partial charge in [0, 0.05) is 0 Å². The molecule has 0 saturated carbocycles. The minimum absolute atomic E-state index is 0.101. The minimum Gasteiger partial charge on any atom is -0.392 e. The second kappa shape index (κ2) is 10.2. The molecule has 1 aromatic rings. The normalized spacial score (nSPS) is 12.4. The highest BCUT2D eigenvalue weighted by Gasteiger charge is 1.98. The molecule has 1 rings (SSSR count). The zero-order valence-electron chi connectivity index (χ0n) is 14.5. The van der Waals surface area contributed by atoms with E-state index in [0.29, 0.717) is 0 Å². The third-order valence-electron chi connectivity index (χ3n) is 3.75. The number of rotatable bonds is 8. The molecule has 22 heavy (non-hydrogen) atoms. The van der Waals surface area contributed by atoms with Crippen LogP contribution in [0.2, 0.25) is 0 Å². The van der Waals surface area contributed by atoms with Crippen LogP contribution in [-0.4, -0.2) is 5.11 Å². The van der Waals surface area contributed by atoms with Crippen LogP contribution >= 0.6 is 0 Å². The minimum atomic E-state index is 0.101. The molecule has 0 aliphatic carbocycles. The Morgan fingerprint density at radius 2 is 1.55 bits per heavy atom. The first-order chi connectivity index (χ1) is 10.5. The molecule has 0 spiro atoms. The van der Waals surface area contributed by atoms with Gasteiger partial charge in [-0.25, -0.2) is 0 Å². The van der Waals surface area contributed by atoms with Crippen LogP contribution in [0.3, 0.4) is 0 Å². The van der Waals surface area contributed by atoms with Crippen LogP contribution in [0.15, 0.2) is 53.1 Å². The molecule has 120 valence electrons. The van der Waals surface area contributed by atoms with E-state index in [0.717, 1.165) is 36.8 Å². The average molecular weight is 298 g/mol. The highest BCUT2D eigenvalue weighted by Crippen LogP contribution is 2.17. The summed E-state index contributed by atoms with van der Waals surface area (Å²) in [5, 5.41) is 9.36. The molecule has 0 aliphatic rings. The number of hydrogen-bond donors (Lipinski definition) is 1. The molecule has 0 saturated heterocycles. The fourth-order valence-electron chi connectivity index (χ4n) is 2.39. The van der Waals surface area contributed by atoms with Gasteiger partial charge in [-0.3, -0.25) is 0 Å². The van der Waals surface area contributed by atoms with Gasteiger partial charge in [0.1, 0.15) is 0 Å². The summed E-state index contributed by atoms with van der Waals surface area (Å²) in [7, 11) is 0. The first-order valence-corrected chi connectivity index (χ1v) is 8.18. The summed E-state index contributed by atoms with van der Waals surface area (Å²) >= 11 is 0. The van der Waals surface area contributed by atoms with Crippen molar-refractivity contribution in [3.8, 4) is 0 Å². The maximum absolute atomic E-state index is 9.36. The van der Waals surface area contributed by atoms with Crippen LogP contribution in [-0.2, 0) is 6.61 Å². The number of aliphatic hydroxyl groups is 1. The third kappa shape index (κ3) is 7.42. The molecule has 0 heterocycles. The molecule has 0 radical (unpaired) electrons. The Hall–Kier alpha value is -1.60. The first kappa shape index (κ1) is 18.4. The Labute approximate surface area is 136 Å². The van der Waals surface area contributed by atoms with E-state index in [-0.39, 0.29) is 6.61 Å². The highest BCUT2D eigenvalue weighted by molar-refractivity contribution is 5.56. The summed E-state index contributed by atoms with van der Waals surface area (Å²) in [6, 6.07) is 8.03. The predicted molar refractivity (Wildman–Crippen MR) is 97.7 cm³/mol. The van der Waals surface area contributed by atoms with E-state index in [1.54, 1.807) is 0 Å². The molecule has 0 atom stereocenters. The average Bonchev–Trinajstić information content (AvgIpc) is 2.47. The molecule has 0 bridgehead atoms. The number of aliphatic hydroxyl groups excluding tert-OH is 1. The Bertz CT molecular complexity index is 543. The fourth-order valence-corrected chi connectivity index (χ4v) is 2.39. The van der Waals surface area contributed by atoms with Gasteiger partial charge >= 0.3 is 0 Å². The molecule has 0 fully saturated rings. The van der Waals surface area contributed by atoms with E-state index in [4.69, 9.17) is 0 Å². The lowest BCUT2D eigenvalue weighted by molar-refractivity contribution is 0.281. The van der Waals surface area contributed by atoms with Crippen LogP contribution in [0.4, 0.5) is 0 Å². The molecule has 1 nitrogen and oxygen atoms in total. The lowest BCUT2D eigenvalue weighted by atomic mass is 10.0. The zero-order valence-corrected chi connectivity index (χ0v) is 14.5. The Kier molecular flexibility index (Phi) is 8.54. The topological polar surface area (TPSA) is 20.2 Å². The summed E-state index contributed by atoms with van der Waals surface area (Å²) in [5.41, 5.74) is 6.35. The van der Waals surface area contributed by atoms with Gasteiger partial charge in [0.05, 0.1) is 6.61 Å². The van der Waals surface area contributed by atoms with Crippen molar-refractivity contribution >= 4 is 6.08 Å². The Balaban J connectivity index is 2.50. The van der Waals surface area contributed by atoms with Gasteiger partial charge < -0.3 is 5.11 Å². The van der Waals surface area contributed by atoms with Gasteiger partial charge in [-0.15, -0.1) is 0 Å². The first-order valence-electron chi connectivity index (χ1n) is 8.18. The van der Waals surface area contributed by atoms with Crippen molar-refractivity contribution in [1.29, 1.82) is 0 Å². The molecule has 0 aliphatic heterocycles. The van der Waals surface area contributed by atoms with Crippen molar-refractivity contribution in [1.82, 2.24) is 0 Å². The van der Waals surface area contributed by atoms with E-state index in [1.165, 1.54) is 16.7 Å². The summed E-state index contributed by atoms with van der Waals surface area (Å²) in [6.45, 7) is 8.79. The lowest BCUT2D eigenvalue weighted by Gasteiger charge is -2.05. The van der Waals surface area contributed by atoms with E-state index in [9.17, 15) is 5.11 Å².